The average molecular weight is 310 g/mol. The van der Waals surface area contributed by atoms with E-state index >= 15 is 0 Å². The second kappa shape index (κ2) is 7.17. The summed E-state index contributed by atoms with van der Waals surface area (Å²) in [5, 5.41) is 0. The summed E-state index contributed by atoms with van der Waals surface area (Å²) in [4.78, 5) is 23.1. The number of hydrogen-bond donors (Lipinski definition) is 0. The van der Waals surface area contributed by atoms with E-state index in [9.17, 15) is 18.0 Å². The Kier molecular flexibility index (Phi) is 5.84. The lowest BCUT2D eigenvalue weighted by Gasteiger charge is -2.08. The maximum Gasteiger partial charge on any atom is 0.330 e. The van der Waals surface area contributed by atoms with Crippen LogP contribution in [-0.4, -0.2) is 33.0 Å². The van der Waals surface area contributed by atoms with Gasteiger partial charge in [-0.15, -0.1) is 0 Å². The number of carbonyl (C=O) groups excluding carboxylic acids is 2. The van der Waals surface area contributed by atoms with Gasteiger partial charge in [-0.1, -0.05) is 18.6 Å². The maximum absolute atomic E-state index is 12.2. The molecule has 0 saturated carbocycles. The van der Waals surface area contributed by atoms with Crippen LogP contribution in [0.15, 0.2) is 35.2 Å². The summed E-state index contributed by atoms with van der Waals surface area (Å²) >= 11 is 0. The number of esters is 1. The van der Waals surface area contributed by atoms with Crippen LogP contribution in [0.2, 0.25) is 0 Å². The van der Waals surface area contributed by atoms with Crippen LogP contribution in [0.5, 0.6) is 0 Å². The Hall–Kier alpha value is -1.95. The molecule has 1 aromatic rings. The first-order valence-electron chi connectivity index (χ1n) is 6.45. The van der Waals surface area contributed by atoms with E-state index in [2.05, 4.69) is 4.74 Å². The molecule has 0 aliphatic rings. The number of sulfone groups is 1. The van der Waals surface area contributed by atoms with Crippen LogP contribution < -0.4 is 0 Å². The molecular weight excluding hydrogens is 292 g/mol. The summed E-state index contributed by atoms with van der Waals surface area (Å²) in [7, 11) is -2.32. The molecule has 0 spiro atoms. The lowest BCUT2D eigenvalue weighted by molar-refractivity contribution is -0.134. The fraction of sp³-hybridized carbons (Fsp3) is 0.333. The molecule has 0 radical (unpaired) electrons. The molecule has 0 amide bonds. The van der Waals surface area contributed by atoms with Crippen LogP contribution >= 0.6 is 0 Å². The highest BCUT2D eigenvalue weighted by Gasteiger charge is 2.20. The topological polar surface area (TPSA) is 77.5 Å². The predicted octanol–water partition coefficient (Wildman–Crippen LogP) is 2.09. The van der Waals surface area contributed by atoms with Gasteiger partial charge in [0.1, 0.15) is 0 Å². The van der Waals surface area contributed by atoms with Crippen LogP contribution in [-0.2, 0) is 19.4 Å². The molecule has 0 saturated heterocycles. The number of carbonyl (C=O) groups is 2. The second-order valence-electron chi connectivity index (χ2n) is 4.54. The Bertz CT molecular complexity index is 671. The molecule has 6 heteroatoms. The van der Waals surface area contributed by atoms with Gasteiger partial charge in [0.15, 0.2) is 15.6 Å². The largest absolute Gasteiger partial charge is 0.466 e. The van der Waals surface area contributed by atoms with Gasteiger partial charge < -0.3 is 4.74 Å². The van der Waals surface area contributed by atoms with Crippen molar-refractivity contribution in [3.05, 3.63) is 41.5 Å². The van der Waals surface area contributed by atoms with Crippen LogP contribution in [0.4, 0.5) is 0 Å². The number of allylic oxidation sites excluding steroid dienone is 1. The van der Waals surface area contributed by atoms with Gasteiger partial charge in [0.2, 0.25) is 0 Å². The molecule has 0 aromatic heterocycles. The number of benzene rings is 1. The lowest BCUT2D eigenvalue weighted by Crippen LogP contribution is -2.12. The first kappa shape index (κ1) is 17.1. The van der Waals surface area contributed by atoms with Crippen molar-refractivity contribution in [3.63, 3.8) is 0 Å². The fourth-order valence-corrected chi connectivity index (χ4v) is 3.32. The van der Waals surface area contributed by atoms with Crippen molar-refractivity contribution in [1.82, 2.24) is 0 Å². The molecule has 0 atom stereocenters. The standard InChI is InChI=1S/C15H18O5S/c1-4-9-21(18,19)14-7-5-11(2)10-12(14)13(16)6-8-15(17)20-3/h5-8,10H,4,9H2,1-3H3/b8-6+. The van der Waals surface area contributed by atoms with Crippen molar-refractivity contribution >= 4 is 21.6 Å². The van der Waals surface area contributed by atoms with Crippen LogP contribution in [0.3, 0.4) is 0 Å². The van der Waals surface area contributed by atoms with Gasteiger partial charge in [-0.25, -0.2) is 13.2 Å². The van der Waals surface area contributed by atoms with Gasteiger partial charge in [0, 0.05) is 11.6 Å². The summed E-state index contributed by atoms with van der Waals surface area (Å²) in [5.41, 5.74) is 0.837. The van der Waals surface area contributed by atoms with Crippen molar-refractivity contribution in [1.29, 1.82) is 0 Å². The highest BCUT2D eigenvalue weighted by atomic mass is 32.2. The van der Waals surface area contributed by atoms with E-state index in [4.69, 9.17) is 0 Å². The molecular formula is C15H18O5S. The first-order chi connectivity index (χ1) is 9.81. The van der Waals surface area contributed by atoms with Gasteiger partial charge >= 0.3 is 5.97 Å². The molecule has 114 valence electrons. The highest BCUT2D eigenvalue weighted by molar-refractivity contribution is 7.91. The van der Waals surface area contributed by atoms with Crippen molar-refractivity contribution < 1.29 is 22.7 Å². The highest BCUT2D eigenvalue weighted by Crippen LogP contribution is 2.20. The Morgan fingerprint density at radius 2 is 1.90 bits per heavy atom. The third-order valence-corrected chi connectivity index (χ3v) is 4.75. The number of hydrogen-bond acceptors (Lipinski definition) is 5. The Morgan fingerprint density at radius 3 is 2.48 bits per heavy atom. The molecule has 0 aliphatic heterocycles. The van der Waals surface area contributed by atoms with Crippen LogP contribution in [0.1, 0.15) is 29.3 Å². The second-order valence-corrected chi connectivity index (χ2v) is 6.62. The summed E-state index contributed by atoms with van der Waals surface area (Å²) in [5.74, 6) is -1.25. The van der Waals surface area contributed by atoms with Crippen molar-refractivity contribution in [3.8, 4) is 0 Å². The van der Waals surface area contributed by atoms with Crippen molar-refractivity contribution in [2.45, 2.75) is 25.2 Å². The average Bonchev–Trinajstić information content (AvgIpc) is 2.43. The SMILES string of the molecule is CCCS(=O)(=O)c1ccc(C)cc1C(=O)/C=C/C(=O)OC. The Labute approximate surface area is 124 Å². The molecule has 1 rings (SSSR count). The molecule has 0 aliphatic carbocycles. The van der Waals surface area contributed by atoms with Crippen molar-refractivity contribution in [2.24, 2.45) is 0 Å². The van der Waals surface area contributed by atoms with Crippen molar-refractivity contribution in [2.75, 3.05) is 12.9 Å². The molecule has 5 nitrogen and oxygen atoms in total. The van der Waals surface area contributed by atoms with E-state index in [-0.39, 0.29) is 16.2 Å². The molecule has 21 heavy (non-hydrogen) atoms. The molecule has 0 unspecified atom stereocenters. The van der Waals surface area contributed by atoms with Gasteiger partial charge in [0.05, 0.1) is 17.8 Å². The zero-order valence-corrected chi connectivity index (χ0v) is 13.1. The number of rotatable bonds is 6. The maximum atomic E-state index is 12.2. The summed E-state index contributed by atoms with van der Waals surface area (Å²) in [6.45, 7) is 3.52. The van der Waals surface area contributed by atoms with E-state index in [1.54, 1.807) is 19.9 Å². The van der Waals surface area contributed by atoms with E-state index in [0.717, 1.165) is 17.7 Å². The summed E-state index contributed by atoms with van der Waals surface area (Å²) < 4.78 is 28.8. The molecule has 0 bridgehead atoms. The number of ether oxygens (including phenoxy) is 1. The third kappa shape index (κ3) is 4.53. The number of methoxy groups -OCH3 is 1. The van der Waals surface area contributed by atoms with Gasteiger partial charge in [-0.05, 0) is 31.6 Å². The summed E-state index contributed by atoms with van der Waals surface area (Å²) in [6, 6.07) is 4.58. The number of aryl methyl sites for hydroxylation is 1. The van der Waals surface area contributed by atoms with Gasteiger partial charge in [0.25, 0.3) is 0 Å². The van der Waals surface area contributed by atoms with Crippen LogP contribution in [0, 0.1) is 6.92 Å². The zero-order chi connectivity index (χ0) is 16.0. The first-order valence-corrected chi connectivity index (χ1v) is 8.10. The fourth-order valence-electron chi connectivity index (χ4n) is 1.79. The predicted molar refractivity (Wildman–Crippen MR) is 79.0 cm³/mol. The minimum absolute atomic E-state index is 0.00512. The number of ketones is 1. The third-order valence-electron chi connectivity index (χ3n) is 2.78. The van der Waals surface area contributed by atoms with Crippen LogP contribution in [0.25, 0.3) is 0 Å². The quantitative estimate of drug-likeness (QED) is 0.457. The monoisotopic (exact) mass is 310 g/mol. The molecule has 0 heterocycles. The minimum atomic E-state index is -3.52. The lowest BCUT2D eigenvalue weighted by atomic mass is 10.1. The summed E-state index contributed by atoms with van der Waals surface area (Å²) in [6.07, 6.45) is 2.45. The Balaban J connectivity index is 3.29. The van der Waals surface area contributed by atoms with E-state index in [1.165, 1.54) is 19.2 Å². The molecule has 0 N–H and O–H groups in total. The van der Waals surface area contributed by atoms with E-state index in [1.807, 2.05) is 0 Å². The zero-order valence-electron chi connectivity index (χ0n) is 12.3. The molecule has 1 aromatic carbocycles. The van der Waals surface area contributed by atoms with E-state index < -0.39 is 21.6 Å². The Morgan fingerprint density at radius 1 is 1.24 bits per heavy atom. The van der Waals surface area contributed by atoms with E-state index in [0.29, 0.717) is 6.42 Å². The smallest absolute Gasteiger partial charge is 0.330 e. The minimum Gasteiger partial charge on any atom is -0.466 e. The normalized spacial score (nSPS) is 11.6. The van der Waals surface area contributed by atoms with Gasteiger partial charge in [-0.3, -0.25) is 4.79 Å². The molecule has 0 fully saturated rings. The van der Waals surface area contributed by atoms with Gasteiger partial charge in [-0.2, -0.15) is 0 Å².